The number of phenols is 1. The Hall–Kier alpha value is -3.09. The number of aromatic hydroxyl groups is 1. The van der Waals surface area contributed by atoms with Gasteiger partial charge in [0, 0.05) is 23.1 Å². The van der Waals surface area contributed by atoms with E-state index in [1.54, 1.807) is 30.3 Å². The van der Waals surface area contributed by atoms with E-state index in [0.717, 1.165) is 5.56 Å². The Morgan fingerprint density at radius 1 is 1.07 bits per heavy atom. The van der Waals surface area contributed by atoms with Gasteiger partial charge in [0.25, 0.3) is 0 Å². The number of halogens is 2. The molecule has 0 amide bonds. The highest BCUT2D eigenvalue weighted by Crippen LogP contribution is 2.26. The maximum atomic E-state index is 13.9. The SMILES string of the molecule is Oc1ccc2c(c1)=C(N(OCc1ccccc1)c1cccc(F)c1)N(Cl)CN=2. The zero-order valence-corrected chi connectivity index (χ0v) is 15.6. The molecule has 0 spiro atoms. The predicted molar refractivity (Wildman–Crippen MR) is 105 cm³/mol. The van der Waals surface area contributed by atoms with Crippen molar-refractivity contribution in [3.8, 4) is 5.75 Å². The summed E-state index contributed by atoms with van der Waals surface area (Å²) < 4.78 is 15.3. The molecule has 0 aromatic heterocycles. The van der Waals surface area contributed by atoms with Crippen LogP contribution in [-0.2, 0) is 11.4 Å². The van der Waals surface area contributed by atoms with E-state index in [4.69, 9.17) is 16.6 Å². The van der Waals surface area contributed by atoms with Crippen LogP contribution in [0.4, 0.5) is 10.1 Å². The zero-order chi connectivity index (χ0) is 19.5. The molecule has 0 atom stereocenters. The molecule has 5 nitrogen and oxygen atoms in total. The quantitative estimate of drug-likeness (QED) is 0.530. The third-order valence-corrected chi connectivity index (χ3v) is 4.52. The fourth-order valence-corrected chi connectivity index (χ4v) is 3.17. The molecule has 7 heteroatoms. The van der Waals surface area contributed by atoms with Crippen LogP contribution in [0.1, 0.15) is 5.56 Å². The fraction of sp³-hybridized carbons (Fsp3) is 0.0952. The van der Waals surface area contributed by atoms with Gasteiger partial charge in [0.1, 0.15) is 24.8 Å². The van der Waals surface area contributed by atoms with Gasteiger partial charge in [-0.05, 0) is 35.9 Å². The standard InChI is InChI=1S/C21H17ClFN3O2/c22-25-14-24-20-10-9-18(27)12-19(20)21(25)26(17-8-4-7-16(23)11-17)28-13-15-5-2-1-3-6-15/h1-12,27H,13-14H2. The van der Waals surface area contributed by atoms with Crippen molar-refractivity contribution in [3.63, 3.8) is 0 Å². The molecule has 28 heavy (non-hydrogen) atoms. The van der Waals surface area contributed by atoms with Gasteiger partial charge in [0.15, 0.2) is 5.82 Å². The largest absolute Gasteiger partial charge is 0.508 e. The van der Waals surface area contributed by atoms with Crippen LogP contribution in [0.3, 0.4) is 0 Å². The molecule has 3 aromatic carbocycles. The minimum absolute atomic E-state index is 0.0701. The summed E-state index contributed by atoms with van der Waals surface area (Å²) >= 11 is 6.43. The van der Waals surface area contributed by atoms with Gasteiger partial charge in [-0.25, -0.2) is 13.9 Å². The van der Waals surface area contributed by atoms with Gasteiger partial charge >= 0.3 is 0 Å². The van der Waals surface area contributed by atoms with Gasteiger partial charge < -0.3 is 5.11 Å². The number of anilines is 1. The van der Waals surface area contributed by atoms with Crippen molar-refractivity contribution < 1.29 is 14.3 Å². The van der Waals surface area contributed by atoms with E-state index in [2.05, 4.69) is 4.99 Å². The summed E-state index contributed by atoms with van der Waals surface area (Å²) in [6, 6.07) is 20.5. The average molecular weight is 398 g/mol. The van der Waals surface area contributed by atoms with Crippen LogP contribution in [0.5, 0.6) is 5.75 Å². The lowest BCUT2D eigenvalue weighted by Gasteiger charge is -2.31. The maximum Gasteiger partial charge on any atom is 0.160 e. The minimum Gasteiger partial charge on any atom is -0.508 e. The van der Waals surface area contributed by atoms with Gasteiger partial charge in [0.05, 0.1) is 11.0 Å². The van der Waals surface area contributed by atoms with E-state index in [0.29, 0.717) is 22.1 Å². The van der Waals surface area contributed by atoms with E-state index in [1.165, 1.54) is 21.6 Å². The maximum absolute atomic E-state index is 13.9. The topological polar surface area (TPSA) is 48.3 Å². The molecule has 142 valence electrons. The third kappa shape index (κ3) is 3.78. The Balaban J connectivity index is 1.84. The number of nitrogens with zero attached hydrogens (tertiary/aromatic N) is 3. The first-order chi connectivity index (χ1) is 13.6. The summed E-state index contributed by atoms with van der Waals surface area (Å²) in [7, 11) is 0. The normalized spacial score (nSPS) is 13.1. The lowest BCUT2D eigenvalue weighted by atomic mass is 10.2. The van der Waals surface area contributed by atoms with Crippen LogP contribution in [0, 0.1) is 5.82 Å². The molecule has 1 N–H and O–H groups in total. The predicted octanol–water partition coefficient (Wildman–Crippen LogP) is 3.28. The molecule has 0 fully saturated rings. The van der Waals surface area contributed by atoms with Crippen LogP contribution in [0.15, 0.2) is 77.8 Å². The van der Waals surface area contributed by atoms with Gasteiger partial charge in [-0.3, -0.25) is 9.83 Å². The second-order valence-electron chi connectivity index (χ2n) is 6.22. The second kappa shape index (κ2) is 7.88. The number of rotatable bonds is 5. The average Bonchev–Trinajstić information content (AvgIpc) is 2.70. The molecule has 3 aromatic rings. The molecule has 0 saturated heterocycles. The van der Waals surface area contributed by atoms with Crippen LogP contribution in [-0.4, -0.2) is 16.2 Å². The van der Waals surface area contributed by atoms with E-state index in [9.17, 15) is 9.50 Å². The second-order valence-corrected chi connectivity index (χ2v) is 6.63. The Labute approximate surface area is 166 Å². The van der Waals surface area contributed by atoms with E-state index < -0.39 is 5.82 Å². The summed E-state index contributed by atoms with van der Waals surface area (Å²) in [5.41, 5.74) is 1.41. The first kappa shape index (κ1) is 18.3. The number of hydrogen-bond donors (Lipinski definition) is 1. The molecule has 0 aliphatic carbocycles. The number of phenolic OH excluding ortho intramolecular Hbond substituents is 1. The first-order valence-electron chi connectivity index (χ1n) is 8.65. The molecule has 0 unspecified atom stereocenters. The van der Waals surface area contributed by atoms with Crippen molar-refractivity contribution in [3.05, 3.63) is 94.8 Å². The number of benzene rings is 3. The van der Waals surface area contributed by atoms with Crippen molar-refractivity contribution in [2.45, 2.75) is 6.61 Å². The summed E-state index contributed by atoms with van der Waals surface area (Å²) in [6.07, 6.45) is 0. The number of hydroxylamine groups is 1. The van der Waals surface area contributed by atoms with Gasteiger partial charge in [-0.2, -0.15) is 0 Å². The van der Waals surface area contributed by atoms with Gasteiger partial charge in [0.2, 0.25) is 0 Å². The fourth-order valence-electron chi connectivity index (χ4n) is 2.96. The third-order valence-electron chi connectivity index (χ3n) is 4.25. The Bertz CT molecular complexity index is 1110. The van der Waals surface area contributed by atoms with Crippen LogP contribution in [0.2, 0.25) is 0 Å². The zero-order valence-electron chi connectivity index (χ0n) is 14.8. The highest BCUT2D eigenvalue weighted by atomic mass is 35.5. The van der Waals surface area contributed by atoms with Crippen molar-refractivity contribution in [1.82, 2.24) is 4.42 Å². The summed E-state index contributed by atoms with van der Waals surface area (Å²) in [6.45, 7) is 0.437. The molecule has 4 rings (SSSR count). The van der Waals surface area contributed by atoms with E-state index in [1.807, 2.05) is 30.3 Å². The Kier molecular flexibility index (Phi) is 5.14. The minimum atomic E-state index is -0.399. The summed E-state index contributed by atoms with van der Waals surface area (Å²) in [5.74, 6) is 0.119. The van der Waals surface area contributed by atoms with Crippen molar-refractivity contribution in [1.29, 1.82) is 0 Å². The van der Waals surface area contributed by atoms with Crippen LogP contribution < -0.4 is 15.6 Å². The Morgan fingerprint density at radius 3 is 2.68 bits per heavy atom. The van der Waals surface area contributed by atoms with Crippen molar-refractivity contribution >= 4 is 23.3 Å². The smallest absolute Gasteiger partial charge is 0.160 e. The molecular weight excluding hydrogens is 381 g/mol. The van der Waals surface area contributed by atoms with Gasteiger partial charge in [-0.1, -0.05) is 36.4 Å². The lowest BCUT2D eigenvalue weighted by Crippen LogP contribution is -2.44. The molecule has 0 radical (unpaired) electrons. The number of hydrogen-bond acceptors (Lipinski definition) is 5. The van der Waals surface area contributed by atoms with Crippen LogP contribution >= 0.6 is 11.8 Å². The van der Waals surface area contributed by atoms with Gasteiger partial charge in [-0.15, -0.1) is 0 Å². The molecule has 0 bridgehead atoms. The van der Waals surface area contributed by atoms with E-state index >= 15 is 0 Å². The Morgan fingerprint density at radius 2 is 1.89 bits per heavy atom. The molecular formula is C21H17ClFN3O2. The van der Waals surface area contributed by atoms with Crippen molar-refractivity contribution in [2.24, 2.45) is 4.99 Å². The lowest BCUT2D eigenvalue weighted by molar-refractivity contribution is 0.116. The highest BCUT2D eigenvalue weighted by Gasteiger charge is 2.23. The molecule has 1 aliphatic rings. The summed E-state index contributed by atoms with van der Waals surface area (Å²) in [5, 5.41) is 12.7. The summed E-state index contributed by atoms with van der Waals surface area (Å²) in [4.78, 5) is 10.4. The van der Waals surface area contributed by atoms with Crippen LogP contribution in [0.25, 0.3) is 5.82 Å². The van der Waals surface area contributed by atoms with Crippen molar-refractivity contribution in [2.75, 3.05) is 11.7 Å². The van der Waals surface area contributed by atoms with E-state index in [-0.39, 0.29) is 19.0 Å². The molecule has 1 heterocycles. The molecule has 1 aliphatic heterocycles. The number of fused-ring (bicyclic) bond motifs is 1. The monoisotopic (exact) mass is 397 g/mol. The molecule has 0 saturated carbocycles. The highest BCUT2D eigenvalue weighted by molar-refractivity contribution is 6.17. The first-order valence-corrected chi connectivity index (χ1v) is 8.99.